The maximum absolute atomic E-state index is 10.8. The Hall–Kier alpha value is -0.990. The minimum Gasteiger partial charge on any atom is -0.395 e. The Balaban J connectivity index is 2.71. The van der Waals surface area contributed by atoms with Crippen molar-refractivity contribution in [1.82, 2.24) is 0 Å². The minimum atomic E-state index is -0.585. The summed E-state index contributed by atoms with van der Waals surface area (Å²) in [4.78, 5) is 10.8. The molecule has 1 aromatic heterocycles. The average Bonchev–Trinajstić information content (AvgIpc) is 2.30. The van der Waals surface area contributed by atoms with Crippen LogP contribution in [0.15, 0.2) is 13.6 Å². The van der Waals surface area contributed by atoms with Gasteiger partial charge in [0.05, 0.1) is 0 Å². The van der Waals surface area contributed by atoms with Gasteiger partial charge in [-0.1, -0.05) is 27.7 Å². The van der Waals surface area contributed by atoms with Crippen LogP contribution in [-0.2, 0) is 10.8 Å². The molecule has 0 amide bonds. The first-order valence-corrected chi connectivity index (χ1v) is 4.02. The van der Waals surface area contributed by atoms with Crippen molar-refractivity contribution in [3.63, 3.8) is 0 Å². The fourth-order valence-electron chi connectivity index (χ4n) is 1.61. The summed E-state index contributed by atoms with van der Waals surface area (Å²) in [7, 11) is 0. The third-order valence-electron chi connectivity index (χ3n) is 3.27. The van der Waals surface area contributed by atoms with E-state index in [9.17, 15) is 4.79 Å². The Labute approximate surface area is 70.4 Å². The van der Waals surface area contributed by atoms with Crippen LogP contribution in [0.2, 0.25) is 0 Å². The van der Waals surface area contributed by atoms with Crippen molar-refractivity contribution in [3.8, 4) is 0 Å². The van der Waals surface area contributed by atoms with Crippen molar-refractivity contribution in [2.45, 2.75) is 38.5 Å². The summed E-state index contributed by atoms with van der Waals surface area (Å²) in [5.74, 6) is 0.827. The first-order chi connectivity index (χ1) is 5.37. The van der Waals surface area contributed by atoms with Gasteiger partial charge in [-0.2, -0.15) is 0 Å². The third kappa shape index (κ3) is 0.564. The fourth-order valence-corrected chi connectivity index (χ4v) is 1.61. The van der Waals surface area contributed by atoms with Crippen molar-refractivity contribution in [1.29, 1.82) is 0 Å². The monoisotopic (exact) mass is 168 g/mol. The van der Waals surface area contributed by atoms with Crippen molar-refractivity contribution >= 4 is 0 Å². The molecule has 0 aliphatic heterocycles. The molecule has 3 nitrogen and oxygen atoms in total. The first kappa shape index (κ1) is 7.65. The number of hydrogen-bond donors (Lipinski definition) is 0. The van der Waals surface area contributed by atoms with Gasteiger partial charge in [-0.25, -0.2) is 4.79 Å². The molecule has 1 heterocycles. The van der Waals surface area contributed by atoms with Crippen LogP contribution in [0, 0.1) is 0 Å². The van der Waals surface area contributed by atoms with E-state index in [2.05, 4.69) is 0 Å². The van der Waals surface area contributed by atoms with Gasteiger partial charge in [0.15, 0.2) is 11.5 Å². The summed E-state index contributed by atoms with van der Waals surface area (Å²) < 4.78 is 9.86. The Bertz CT molecular complexity index is 344. The zero-order chi connectivity index (χ0) is 9.15. The second kappa shape index (κ2) is 1.68. The van der Waals surface area contributed by atoms with E-state index in [1.54, 1.807) is 0 Å². The highest BCUT2D eigenvalue weighted by Crippen LogP contribution is 2.55. The molecule has 3 heteroatoms. The van der Waals surface area contributed by atoms with Gasteiger partial charge in [-0.15, -0.1) is 0 Å². The molecule has 0 radical (unpaired) electrons. The predicted molar refractivity (Wildman–Crippen MR) is 43.3 cm³/mol. The normalized spacial score (nSPS) is 23.0. The smallest absolute Gasteiger partial charge is 0.395 e. The minimum absolute atomic E-state index is 0.0888. The first-order valence-electron chi connectivity index (χ1n) is 4.02. The van der Waals surface area contributed by atoms with E-state index in [-0.39, 0.29) is 10.8 Å². The molecule has 0 bridgehead atoms. The van der Waals surface area contributed by atoms with Crippen LogP contribution in [-0.4, -0.2) is 0 Å². The summed E-state index contributed by atoms with van der Waals surface area (Å²) in [6.07, 6.45) is 0. The number of hydrogen-bond acceptors (Lipinski definition) is 3. The largest absolute Gasteiger partial charge is 0.519 e. The molecule has 0 saturated carbocycles. The molecule has 12 heavy (non-hydrogen) atoms. The zero-order valence-electron chi connectivity index (χ0n) is 7.72. The van der Waals surface area contributed by atoms with Gasteiger partial charge < -0.3 is 8.83 Å². The Morgan fingerprint density at radius 3 is 1.58 bits per heavy atom. The average molecular weight is 168 g/mol. The van der Waals surface area contributed by atoms with E-state index in [0.717, 1.165) is 0 Å². The van der Waals surface area contributed by atoms with Crippen LogP contribution < -0.4 is 5.82 Å². The third-order valence-corrected chi connectivity index (χ3v) is 3.27. The molecule has 0 N–H and O–H groups in total. The summed E-state index contributed by atoms with van der Waals surface area (Å²) in [6, 6.07) is 0. The highest BCUT2D eigenvalue weighted by atomic mass is 16.6. The lowest BCUT2D eigenvalue weighted by molar-refractivity contribution is 0.166. The highest BCUT2D eigenvalue weighted by Gasteiger charge is 2.58. The summed E-state index contributed by atoms with van der Waals surface area (Å²) in [5, 5.41) is 0. The highest BCUT2D eigenvalue weighted by molar-refractivity contribution is 5.40. The lowest BCUT2D eigenvalue weighted by Crippen LogP contribution is -2.49. The van der Waals surface area contributed by atoms with Gasteiger partial charge in [0.25, 0.3) is 0 Å². The van der Waals surface area contributed by atoms with Crippen LogP contribution in [0.25, 0.3) is 0 Å². The molecule has 66 valence electrons. The topological polar surface area (TPSA) is 43.4 Å². The van der Waals surface area contributed by atoms with Gasteiger partial charge in [0, 0.05) is 10.8 Å². The van der Waals surface area contributed by atoms with Gasteiger partial charge in [-0.05, 0) is 0 Å². The zero-order valence-corrected chi connectivity index (χ0v) is 7.72. The fraction of sp³-hybridized carbons (Fsp3) is 0.667. The van der Waals surface area contributed by atoms with Crippen LogP contribution in [0.5, 0.6) is 0 Å². The molecule has 0 aromatic carbocycles. The van der Waals surface area contributed by atoms with E-state index in [4.69, 9.17) is 8.83 Å². The summed E-state index contributed by atoms with van der Waals surface area (Å²) >= 11 is 0. The standard InChI is InChI=1S/C9H12O3/c1-8(2)5-6(9(8,3)4)12-7(10)11-5/h1-4H3. The molecular weight excluding hydrogens is 156 g/mol. The molecule has 2 rings (SSSR count). The summed E-state index contributed by atoms with van der Waals surface area (Å²) in [6.45, 7) is 8.20. The van der Waals surface area contributed by atoms with Crippen LogP contribution in [0.4, 0.5) is 0 Å². The van der Waals surface area contributed by atoms with Crippen LogP contribution >= 0.6 is 0 Å². The Morgan fingerprint density at radius 1 is 0.917 bits per heavy atom. The molecule has 0 fully saturated rings. The van der Waals surface area contributed by atoms with Crippen LogP contribution in [0.3, 0.4) is 0 Å². The van der Waals surface area contributed by atoms with E-state index in [1.807, 2.05) is 27.7 Å². The number of rotatable bonds is 0. The van der Waals surface area contributed by atoms with E-state index < -0.39 is 5.82 Å². The molecule has 0 unspecified atom stereocenters. The molecule has 0 saturated heterocycles. The molecular formula is C9H12O3. The predicted octanol–water partition coefficient (Wildman–Crippen LogP) is 1.80. The van der Waals surface area contributed by atoms with E-state index in [0.29, 0.717) is 11.5 Å². The SMILES string of the molecule is CC1(C)c2oc(=O)oc2C1(C)C. The molecule has 1 aliphatic rings. The lowest BCUT2D eigenvalue weighted by atomic mass is 9.55. The maximum Gasteiger partial charge on any atom is 0.519 e. The molecule has 0 spiro atoms. The lowest BCUT2D eigenvalue weighted by Gasteiger charge is -2.46. The van der Waals surface area contributed by atoms with Crippen molar-refractivity contribution in [2.24, 2.45) is 0 Å². The Morgan fingerprint density at radius 2 is 1.25 bits per heavy atom. The van der Waals surface area contributed by atoms with Crippen molar-refractivity contribution in [2.75, 3.05) is 0 Å². The molecule has 1 aromatic rings. The van der Waals surface area contributed by atoms with Gasteiger partial charge >= 0.3 is 5.82 Å². The number of fused-ring (bicyclic) bond motifs is 1. The van der Waals surface area contributed by atoms with Crippen molar-refractivity contribution < 1.29 is 8.83 Å². The van der Waals surface area contributed by atoms with Gasteiger partial charge in [0.1, 0.15) is 0 Å². The van der Waals surface area contributed by atoms with E-state index >= 15 is 0 Å². The Kier molecular flexibility index (Phi) is 1.07. The van der Waals surface area contributed by atoms with Gasteiger partial charge in [-0.3, -0.25) is 0 Å². The molecule has 1 aliphatic carbocycles. The molecule has 0 atom stereocenters. The van der Waals surface area contributed by atoms with E-state index in [1.165, 1.54) is 0 Å². The maximum atomic E-state index is 10.8. The second-order valence-corrected chi connectivity index (χ2v) is 4.36. The summed E-state index contributed by atoms with van der Waals surface area (Å²) in [5.41, 5.74) is -0.178. The van der Waals surface area contributed by atoms with Gasteiger partial charge in [0.2, 0.25) is 0 Å². The quantitative estimate of drug-likeness (QED) is 0.593. The second-order valence-electron chi connectivity index (χ2n) is 4.36. The van der Waals surface area contributed by atoms with Crippen LogP contribution in [0.1, 0.15) is 39.2 Å². The van der Waals surface area contributed by atoms with Crippen molar-refractivity contribution in [3.05, 3.63) is 22.1 Å².